The van der Waals surface area contributed by atoms with E-state index >= 15 is 0 Å². The predicted molar refractivity (Wildman–Crippen MR) is 112 cm³/mol. The molecule has 10 heteroatoms. The van der Waals surface area contributed by atoms with Crippen molar-refractivity contribution in [2.45, 2.75) is 37.6 Å². The van der Waals surface area contributed by atoms with Crippen molar-refractivity contribution in [1.29, 1.82) is 0 Å². The highest BCUT2D eigenvalue weighted by Crippen LogP contribution is 2.36. The summed E-state index contributed by atoms with van der Waals surface area (Å²) in [7, 11) is 2.88. The highest BCUT2D eigenvalue weighted by molar-refractivity contribution is 6.32. The van der Waals surface area contributed by atoms with E-state index in [0.29, 0.717) is 31.7 Å². The molecule has 0 bridgehead atoms. The number of piperidine rings is 1. The molecule has 2 heterocycles. The molecule has 31 heavy (non-hydrogen) atoms. The second kappa shape index (κ2) is 9.40. The van der Waals surface area contributed by atoms with Gasteiger partial charge in [-0.1, -0.05) is 18.5 Å². The first-order valence-corrected chi connectivity index (χ1v) is 10.5. The molecule has 8 nitrogen and oxygen atoms in total. The minimum absolute atomic E-state index is 0.0196. The quantitative estimate of drug-likeness (QED) is 0.615. The van der Waals surface area contributed by atoms with E-state index in [2.05, 4.69) is 10.6 Å². The van der Waals surface area contributed by atoms with E-state index in [-0.39, 0.29) is 29.9 Å². The summed E-state index contributed by atoms with van der Waals surface area (Å²) in [6.45, 7) is 2.74. The van der Waals surface area contributed by atoms with Crippen LogP contribution in [-0.2, 0) is 14.3 Å². The second-order valence-corrected chi connectivity index (χ2v) is 8.53. The van der Waals surface area contributed by atoms with Crippen LogP contribution in [0.15, 0.2) is 12.1 Å². The van der Waals surface area contributed by atoms with Gasteiger partial charge in [-0.15, -0.1) is 0 Å². The molecule has 0 unspecified atom stereocenters. The summed E-state index contributed by atoms with van der Waals surface area (Å²) in [4.78, 5) is 38.7. The van der Waals surface area contributed by atoms with Gasteiger partial charge in [0.2, 0.25) is 5.91 Å². The van der Waals surface area contributed by atoms with E-state index in [1.807, 2.05) is 0 Å². The Morgan fingerprint density at radius 2 is 2.00 bits per heavy atom. The Balaban J connectivity index is 1.63. The van der Waals surface area contributed by atoms with Gasteiger partial charge >= 0.3 is 6.03 Å². The Labute approximate surface area is 185 Å². The normalized spacial score (nSPS) is 22.8. The van der Waals surface area contributed by atoms with Crippen LogP contribution in [0, 0.1) is 11.7 Å². The number of halogens is 2. The highest BCUT2D eigenvalue weighted by Gasteiger charge is 2.48. The number of nitrogens with one attached hydrogen (secondary N) is 2. The highest BCUT2D eigenvalue weighted by atomic mass is 35.5. The van der Waals surface area contributed by atoms with Gasteiger partial charge in [-0.05, 0) is 42.9 Å². The second-order valence-electron chi connectivity index (χ2n) is 8.15. The molecule has 0 aromatic heterocycles. The number of carbonyl (C=O) groups is 3. The molecule has 4 amide bonds. The third-order valence-corrected chi connectivity index (χ3v) is 6.36. The average molecular weight is 456 g/mol. The zero-order valence-electron chi connectivity index (χ0n) is 17.8. The molecule has 3 rings (SSSR count). The molecule has 0 radical (unpaired) electrons. The standard InChI is InChI=1S/C21H27ClFN3O5/c1-12(10-21(11-30-2)19(28)24-20(29)25-21)18(27)26-6-4-13(5-7-26)14-8-15(23)17(22)16(9-14)31-3/h8-9,12-13H,4-7,10-11H2,1-3H3,(H2,24,25,28,29)/t12-,21+/m1/s1. The molecule has 0 saturated carbocycles. The topological polar surface area (TPSA) is 97.0 Å². The lowest BCUT2D eigenvalue weighted by Gasteiger charge is -2.35. The summed E-state index contributed by atoms with van der Waals surface area (Å²) in [5.41, 5.74) is -0.459. The number of hydrogen-bond donors (Lipinski definition) is 2. The van der Waals surface area contributed by atoms with Crippen LogP contribution >= 0.6 is 11.6 Å². The molecule has 2 fully saturated rings. The smallest absolute Gasteiger partial charge is 0.322 e. The Morgan fingerprint density at radius 3 is 2.55 bits per heavy atom. The van der Waals surface area contributed by atoms with Crippen LogP contribution in [-0.4, -0.2) is 62.2 Å². The van der Waals surface area contributed by atoms with Crippen LogP contribution in [0.1, 0.15) is 37.7 Å². The maximum atomic E-state index is 14.1. The molecule has 2 atom stereocenters. The van der Waals surface area contributed by atoms with Crippen LogP contribution in [0.25, 0.3) is 0 Å². The first-order valence-electron chi connectivity index (χ1n) is 10.1. The van der Waals surface area contributed by atoms with E-state index in [0.717, 1.165) is 5.56 Å². The number of imide groups is 1. The number of rotatable bonds is 7. The van der Waals surface area contributed by atoms with Gasteiger partial charge in [0, 0.05) is 26.1 Å². The van der Waals surface area contributed by atoms with Crippen LogP contribution in [0.4, 0.5) is 9.18 Å². The molecule has 0 aliphatic carbocycles. The molecule has 1 aromatic carbocycles. The molecular formula is C21H27ClFN3O5. The summed E-state index contributed by atoms with van der Waals surface area (Å²) in [6, 6.07) is 2.57. The monoisotopic (exact) mass is 455 g/mol. The summed E-state index contributed by atoms with van der Waals surface area (Å²) in [6.07, 6.45) is 1.48. The Bertz CT molecular complexity index is 875. The summed E-state index contributed by atoms with van der Waals surface area (Å²) in [5, 5.41) is 4.78. The van der Waals surface area contributed by atoms with Crippen molar-refractivity contribution in [1.82, 2.24) is 15.5 Å². The third kappa shape index (κ3) is 4.77. The van der Waals surface area contributed by atoms with Crippen molar-refractivity contribution in [2.24, 2.45) is 5.92 Å². The lowest BCUT2D eigenvalue weighted by molar-refractivity contribution is -0.138. The van der Waals surface area contributed by atoms with Crippen molar-refractivity contribution in [2.75, 3.05) is 33.9 Å². The van der Waals surface area contributed by atoms with E-state index < -0.39 is 29.2 Å². The van der Waals surface area contributed by atoms with Gasteiger partial charge in [0.1, 0.15) is 22.1 Å². The maximum Gasteiger partial charge on any atom is 0.322 e. The number of hydrogen-bond acceptors (Lipinski definition) is 5. The summed E-state index contributed by atoms with van der Waals surface area (Å²) in [5.74, 6) is -1.23. The Morgan fingerprint density at radius 1 is 1.32 bits per heavy atom. The maximum absolute atomic E-state index is 14.1. The van der Waals surface area contributed by atoms with Gasteiger partial charge in [0.15, 0.2) is 0 Å². The van der Waals surface area contributed by atoms with Crippen LogP contribution in [0.2, 0.25) is 5.02 Å². The number of nitrogens with zero attached hydrogens (tertiary/aromatic N) is 1. The van der Waals surface area contributed by atoms with Gasteiger partial charge in [-0.3, -0.25) is 14.9 Å². The number of methoxy groups -OCH3 is 2. The number of benzene rings is 1. The van der Waals surface area contributed by atoms with Crippen LogP contribution in [0.5, 0.6) is 5.75 Å². The van der Waals surface area contributed by atoms with Crippen molar-refractivity contribution in [3.63, 3.8) is 0 Å². The van der Waals surface area contributed by atoms with Crippen molar-refractivity contribution in [3.05, 3.63) is 28.5 Å². The van der Waals surface area contributed by atoms with Crippen molar-refractivity contribution < 1.29 is 28.2 Å². The van der Waals surface area contributed by atoms with Gasteiger partial charge in [0.05, 0.1) is 13.7 Å². The van der Waals surface area contributed by atoms with Gasteiger partial charge in [-0.25, -0.2) is 9.18 Å². The molecule has 170 valence electrons. The third-order valence-electron chi connectivity index (χ3n) is 6.00. The predicted octanol–water partition coefficient (Wildman–Crippen LogP) is 2.44. The number of carbonyl (C=O) groups excluding carboxylic acids is 3. The zero-order valence-corrected chi connectivity index (χ0v) is 18.6. The number of likely N-dealkylation sites (tertiary alicyclic amines) is 1. The Hall–Kier alpha value is -2.39. The molecule has 2 aliphatic rings. The first-order chi connectivity index (χ1) is 14.7. The van der Waals surface area contributed by atoms with Crippen molar-refractivity contribution >= 4 is 29.4 Å². The summed E-state index contributed by atoms with van der Waals surface area (Å²) >= 11 is 5.91. The van der Waals surface area contributed by atoms with E-state index in [9.17, 15) is 18.8 Å². The van der Waals surface area contributed by atoms with Crippen LogP contribution < -0.4 is 15.4 Å². The molecule has 2 aliphatic heterocycles. The molecule has 2 saturated heterocycles. The fourth-order valence-electron chi connectivity index (χ4n) is 4.40. The Kier molecular flexibility index (Phi) is 7.06. The molecule has 1 aromatic rings. The molecule has 2 N–H and O–H groups in total. The molecular weight excluding hydrogens is 429 g/mol. The van der Waals surface area contributed by atoms with E-state index in [4.69, 9.17) is 21.1 Å². The number of urea groups is 1. The van der Waals surface area contributed by atoms with E-state index in [1.54, 1.807) is 17.9 Å². The van der Waals surface area contributed by atoms with Gasteiger partial charge in [0.25, 0.3) is 5.91 Å². The fourth-order valence-corrected chi connectivity index (χ4v) is 4.59. The van der Waals surface area contributed by atoms with Crippen LogP contribution in [0.3, 0.4) is 0 Å². The number of ether oxygens (including phenoxy) is 2. The lowest BCUT2D eigenvalue weighted by Crippen LogP contribution is -2.53. The lowest BCUT2D eigenvalue weighted by atomic mass is 9.86. The summed E-state index contributed by atoms with van der Waals surface area (Å²) < 4.78 is 24.4. The number of amides is 4. The first kappa shape index (κ1) is 23.3. The molecule has 0 spiro atoms. The minimum Gasteiger partial charge on any atom is -0.495 e. The zero-order chi connectivity index (χ0) is 22.8. The average Bonchev–Trinajstić information content (AvgIpc) is 3.02. The van der Waals surface area contributed by atoms with Gasteiger partial charge in [-0.2, -0.15) is 0 Å². The van der Waals surface area contributed by atoms with Gasteiger partial charge < -0.3 is 19.7 Å². The SMILES string of the molecule is COC[C@]1(C[C@@H](C)C(=O)N2CCC(c3cc(F)c(Cl)c(OC)c3)CC2)NC(=O)NC1=O. The van der Waals surface area contributed by atoms with E-state index in [1.165, 1.54) is 20.3 Å². The fraction of sp³-hybridized carbons (Fsp3) is 0.571. The largest absolute Gasteiger partial charge is 0.495 e. The van der Waals surface area contributed by atoms with Crippen molar-refractivity contribution in [3.8, 4) is 5.75 Å². The minimum atomic E-state index is -1.25.